The zero-order chi connectivity index (χ0) is 13.5. The maximum atomic E-state index is 9.74. The van der Waals surface area contributed by atoms with Gasteiger partial charge in [0, 0.05) is 19.6 Å². The number of aliphatic hydroxyl groups is 1. The Morgan fingerprint density at radius 3 is 3.05 bits per heavy atom. The van der Waals surface area contributed by atoms with Crippen LogP contribution in [-0.2, 0) is 0 Å². The molecule has 6 heteroatoms. The summed E-state index contributed by atoms with van der Waals surface area (Å²) in [5.41, 5.74) is 5.35. The molecule has 1 aromatic carbocycles. The predicted molar refractivity (Wildman–Crippen MR) is 70.9 cm³/mol. The van der Waals surface area contributed by atoms with Crippen LogP contribution >= 0.6 is 0 Å². The van der Waals surface area contributed by atoms with Gasteiger partial charge in [0.05, 0.1) is 0 Å². The Hall–Kier alpha value is -1.50. The van der Waals surface area contributed by atoms with Gasteiger partial charge in [-0.15, -0.1) is 0 Å². The molecule has 0 amide bonds. The summed E-state index contributed by atoms with van der Waals surface area (Å²) in [5, 5.41) is 12.8. The van der Waals surface area contributed by atoms with Crippen LogP contribution in [0.3, 0.4) is 0 Å². The normalized spacial score (nSPS) is 15.1. The molecule has 0 aromatic heterocycles. The topological polar surface area (TPSA) is 86.0 Å². The highest BCUT2D eigenvalue weighted by Crippen LogP contribution is 2.38. The van der Waals surface area contributed by atoms with E-state index in [4.69, 9.17) is 19.9 Å². The number of nitrogens with two attached hydrogens (primary N) is 1. The van der Waals surface area contributed by atoms with Gasteiger partial charge in [0.1, 0.15) is 25.9 Å². The van der Waals surface area contributed by atoms with Gasteiger partial charge in [-0.25, -0.2) is 0 Å². The van der Waals surface area contributed by atoms with Gasteiger partial charge in [-0.05, 0) is 12.1 Å². The molecule has 1 aromatic rings. The zero-order valence-corrected chi connectivity index (χ0v) is 10.8. The molecule has 6 nitrogen and oxygen atoms in total. The van der Waals surface area contributed by atoms with Crippen molar-refractivity contribution in [2.24, 2.45) is 5.73 Å². The highest BCUT2D eigenvalue weighted by molar-refractivity contribution is 5.51. The highest BCUT2D eigenvalue weighted by Gasteiger charge is 2.17. The Bertz CT molecular complexity index is 400. The summed E-state index contributed by atoms with van der Waals surface area (Å²) < 4.78 is 16.5. The van der Waals surface area contributed by atoms with Crippen LogP contribution in [-0.4, -0.2) is 50.7 Å². The summed E-state index contributed by atoms with van der Waals surface area (Å²) in [6, 6.07) is 5.47. The standard InChI is InChI=1S/C13H20N2O4/c14-4-5-15-8-10(16)9-19-12-3-1-2-11-13(12)18-7-6-17-11/h1-3,10,15-16H,4-9,14H2. The summed E-state index contributed by atoms with van der Waals surface area (Å²) in [4.78, 5) is 0. The van der Waals surface area contributed by atoms with E-state index in [0.717, 1.165) is 0 Å². The maximum Gasteiger partial charge on any atom is 0.203 e. The minimum Gasteiger partial charge on any atom is -0.487 e. The first-order valence-corrected chi connectivity index (χ1v) is 6.41. The Kier molecular flexibility index (Phi) is 5.26. The molecule has 1 aliphatic heterocycles. The Balaban J connectivity index is 1.85. The SMILES string of the molecule is NCCNCC(O)COc1cccc2c1OCCO2. The lowest BCUT2D eigenvalue weighted by molar-refractivity contribution is 0.100. The quantitative estimate of drug-likeness (QED) is 0.591. The van der Waals surface area contributed by atoms with Gasteiger partial charge >= 0.3 is 0 Å². The van der Waals surface area contributed by atoms with Gasteiger partial charge in [0.2, 0.25) is 5.75 Å². The van der Waals surface area contributed by atoms with Gasteiger partial charge in [-0.2, -0.15) is 0 Å². The molecule has 0 spiro atoms. The van der Waals surface area contributed by atoms with E-state index < -0.39 is 6.10 Å². The van der Waals surface area contributed by atoms with Crippen molar-refractivity contribution < 1.29 is 19.3 Å². The van der Waals surface area contributed by atoms with Crippen molar-refractivity contribution in [1.29, 1.82) is 0 Å². The third-order valence-corrected chi connectivity index (χ3v) is 2.66. The van der Waals surface area contributed by atoms with E-state index in [0.29, 0.717) is 50.1 Å². The Labute approximate surface area is 112 Å². The Morgan fingerprint density at radius 1 is 1.37 bits per heavy atom. The summed E-state index contributed by atoms with van der Waals surface area (Å²) in [5.74, 6) is 1.88. The van der Waals surface area contributed by atoms with Crippen LogP contribution in [0, 0.1) is 0 Å². The molecule has 0 radical (unpaired) electrons. The summed E-state index contributed by atoms with van der Waals surface area (Å²) in [6.45, 7) is 2.91. The molecule has 0 saturated heterocycles. The molecule has 19 heavy (non-hydrogen) atoms. The number of fused-ring (bicyclic) bond motifs is 1. The van der Waals surface area contributed by atoms with E-state index in [-0.39, 0.29) is 6.61 Å². The summed E-state index contributed by atoms with van der Waals surface area (Å²) >= 11 is 0. The first kappa shape index (κ1) is 13.9. The summed E-state index contributed by atoms with van der Waals surface area (Å²) in [6.07, 6.45) is -0.591. The molecule has 4 N–H and O–H groups in total. The van der Waals surface area contributed by atoms with E-state index >= 15 is 0 Å². The van der Waals surface area contributed by atoms with Crippen LogP contribution in [0.2, 0.25) is 0 Å². The number of hydrogen-bond acceptors (Lipinski definition) is 6. The van der Waals surface area contributed by atoms with Gasteiger partial charge in [0.25, 0.3) is 0 Å². The van der Waals surface area contributed by atoms with E-state index in [1.807, 2.05) is 12.1 Å². The first-order chi connectivity index (χ1) is 9.31. The van der Waals surface area contributed by atoms with Gasteiger partial charge in [-0.1, -0.05) is 6.07 Å². The van der Waals surface area contributed by atoms with Gasteiger partial charge < -0.3 is 30.4 Å². The Morgan fingerprint density at radius 2 is 2.21 bits per heavy atom. The molecule has 1 atom stereocenters. The number of benzene rings is 1. The second-order valence-corrected chi connectivity index (χ2v) is 4.24. The van der Waals surface area contributed by atoms with Crippen molar-refractivity contribution in [2.45, 2.75) is 6.10 Å². The molecule has 1 aliphatic rings. The van der Waals surface area contributed by atoms with Gasteiger partial charge in [-0.3, -0.25) is 0 Å². The maximum absolute atomic E-state index is 9.74. The number of nitrogens with one attached hydrogen (secondary N) is 1. The molecular weight excluding hydrogens is 248 g/mol. The second-order valence-electron chi connectivity index (χ2n) is 4.24. The second kappa shape index (κ2) is 7.18. The van der Waals surface area contributed by atoms with Crippen molar-refractivity contribution >= 4 is 0 Å². The molecule has 2 rings (SSSR count). The number of rotatable bonds is 7. The fourth-order valence-electron chi connectivity index (χ4n) is 1.78. The number of ether oxygens (including phenoxy) is 3. The lowest BCUT2D eigenvalue weighted by Gasteiger charge is -2.21. The average Bonchev–Trinajstić information content (AvgIpc) is 2.45. The van der Waals surface area contributed by atoms with Crippen molar-refractivity contribution in [3.8, 4) is 17.2 Å². The minimum atomic E-state index is -0.591. The third kappa shape index (κ3) is 3.99. The number of para-hydroxylation sites is 1. The molecule has 0 saturated carbocycles. The number of aliphatic hydroxyl groups excluding tert-OH is 1. The fraction of sp³-hybridized carbons (Fsp3) is 0.538. The van der Waals surface area contributed by atoms with E-state index in [1.54, 1.807) is 6.07 Å². The molecule has 1 heterocycles. The first-order valence-electron chi connectivity index (χ1n) is 6.41. The van der Waals surface area contributed by atoms with Crippen molar-refractivity contribution in [3.63, 3.8) is 0 Å². The summed E-state index contributed by atoms with van der Waals surface area (Å²) in [7, 11) is 0. The van der Waals surface area contributed by atoms with Gasteiger partial charge in [0.15, 0.2) is 11.5 Å². The van der Waals surface area contributed by atoms with Crippen LogP contribution in [0.1, 0.15) is 0 Å². The van der Waals surface area contributed by atoms with E-state index in [1.165, 1.54) is 0 Å². The highest BCUT2D eigenvalue weighted by atomic mass is 16.6. The molecule has 0 bridgehead atoms. The average molecular weight is 268 g/mol. The van der Waals surface area contributed by atoms with Crippen molar-refractivity contribution in [3.05, 3.63) is 18.2 Å². The predicted octanol–water partition coefficient (Wildman–Crippen LogP) is -0.254. The minimum absolute atomic E-state index is 0.192. The van der Waals surface area contributed by atoms with Crippen LogP contribution < -0.4 is 25.3 Å². The lowest BCUT2D eigenvalue weighted by atomic mass is 10.2. The number of hydrogen-bond donors (Lipinski definition) is 3. The molecule has 106 valence electrons. The fourth-order valence-corrected chi connectivity index (χ4v) is 1.78. The van der Waals surface area contributed by atoms with E-state index in [2.05, 4.69) is 5.32 Å². The lowest BCUT2D eigenvalue weighted by Crippen LogP contribution is -2.34. The molecule has 1 unspecified atom stereocenters. The van der Waals surface area contributed by atoms with Crippen molar-refractivity contribution in [1.82, 2.24) is 5.32 Å². The largest absolute Gasteiger partial charge is 0.487 e. The smallest absolute Gasteiger partial charge is 0.203 e. The third-order valence-electron chi connectivity index (χ3n) is 2.66. The van der Waals surface area contributed by atoms with Crippen LogP contribution in [0.4, 0.5) is 0 Å². The monoisotopic (exact) mass is 268 g/mol. The zero-order valence-electron chi connectivity index (χ0n) is 10.8. The van der Waals surface area contributed by atoms with Crippen LogP contribution in [0.25, 0.3) is 0 Å². The van der Waals surface area contributed by atoms with Crippen LogP contribution in [0.15, 0.2) is 18.2 Å². The molecule has 0 fully saturated rings. The van der Waals surface area contributed by atoms with Crippen LogP contribution in [0.5, 0.6) is 17.2 Å². The molecule has 0 aliphatic carbocycles. The van der Waals surface area contributed by atoms with Crippen molar-refractivity contribution in [2.75, 3.05) is 39.5 Å². The molecular formula is C13H20N2O4. The van der Waals surface area contributed by atoms with E-state index in [9.17, 15) is 5.11 Å².